The fraction of sp³-hybridized carbons (Fsp3) is 0.500. The third-order valence-electron chi connectivity index (χ3n) is 5.75. The topological polar surface area (TPSA) is 72.1 Å². The van der Waals surface area contributed by atoms with Crippen molar-refractivity contribution in [2.75, 3.05) is 26.3 Å². The average molecular weight is 418 g/mol. The average Bonchev–Trinajstić information content (AvgIpc) is 3.43. The molecular formula is C20H23FN4O3S. The molecule has 2 fully saturated rings. The number of hydrogen-bond donors (Lipinski definition) is 1. The van der Waals surface area contributed by atoms with E-state index in [-0.39, 0.29) is 11.7 Å². The van der Waals surface area contributed by atoms with Gasteiger partial charge in [0.15, 0.2) is 11.6 Å². The summed E-state index contributed by atoms with van der Waals surface area (Å²) in [6.45, 7) is 4.55. The van der Waals surface area contributed by atoms with Crippen LogP contribution in [0.5, 0.6) is 5.88 Å². The standard InChI is InChI=1S/C20H23FN4O3S/c1-2-15-22-19-25(23-15)18(26)17(29-19)16(13-5-3-4-6-14(13)21)24-9-7-20(8-10-24)27-11-12-28-20/h3-6,16,26H,2,7-12H2,1H3/t16-/m1/s1. The van der Waals surface area contributed by atoms with Crippen molar-refractivity contribution >= 4 is 16.3 Å². The van der Waals surface area contributed by atoms with Gasteiger partial charge in [0.2, 0.25) is 10.8 Å². The molecule has 0 bridgehead atoms. The summed E-state index contributed by atoms with van der Waals surface area (Å²) in [6, 6.07) is 6.31. The molecule has 1 N–H and O–H groups in total. The van der Waals surface area contributed by atoms with Gasteiger partial charge in [-0.25, -0.2) is 9.37 Å². The third-order valence-corrected chi connectivity index (χ3v) is 6.82. The number of aromatic hydroxyl groups is 1. The van der Waals surface area contributed by atoms with Crippen LogP contribution in [0.3, 0.4) is 0 Å². The van der Waals surface area contributed by atoms with Crippen molar-refractivity contribution in [3.8, 4) is 5.88 Å². The molecule has 0 amide bonds. The lowest BCUT2D eigenvalue weighted by Gasteiger charge is -2.41. The zero-order valence-corrected chi connectivity index (χ0v) is 17.0. The van der Waals surface area contributed by atoms with Gasteiger partial charge in [0, 0.05) is 37.9 Å². The van der Waals surface area contributed by atoms with E-state index in [2.05, 4.69) is 15.0 Å². The number of rotatable bonds is 4. The van der Waals surface area contributed by atoms with E-state index in [9.17, 15) is 9.50 Å². The molecule has 9 heteroatoms. The maximum Gasteiger partial charge on any atom is 0.230 e. The van der Waals surface area contributed by atoms with E-state index < -0.39 is 11.8 Å². The molecule has 2 aliphatic heterocycles. The Morgan fingerprint density at radius 1 is 1.24 bits per heavy atom. The van der Waals surface area contributed by atoms with Crippen LogP contribution in [0.4, 0.5) is 4.39 Å². The third kappa shape index (κ3) is 3.22. The monoisotopic (exact) mass is 418 g/mol. The van der Waals surface area contributed by atoms with Crippen LogP contribution in [0.15, 0.2) is 24.3 Å². The van der Waals surface area contributed by atoms with Gasteiger partial charge in [-0.05, 0) is 6.07 Å². The zero-order valence-electron chi connectivity index (χ0n) is 16.2. The van der Waals surface area contributed by atoms with E-state index in [1.165, 1.54) is 21.9 Å². The van der Waals surface area contributed by atoms with Gasteiger partial charge in [0.05, 0.1) is 24.1 Å². The Morgan fingerprint density at radius 3 is 2.62 bits per heavy atom. The van der Waals surface area contributed by atoms with Crippen LogP contribution in [0, 0.1) is 5.82 Å². The van der Waals surface area contributed by atoms with Crippen LogP contribution in [0.2, 0.25) is 0 Å². The molecule has 0 saturated carbocycles. The quantitative estimate of drug-likeness (QED) is 0.702. The van der Waals surface area contributed by atoms with Gasteiger partial charge in [0.25, 0.3) is 0 Å². The Labute approximate surface area is 171 Å². The molecule has 2 aromatic heterocycles. The summed E-state index contributed by atoms with van der Waals surface area (Å²) in [7, 11) is 0. The summed E-state index contributed by atoms with van der Waals surface area (Å²) < 4.78 is 27.9. The van der Waals surface area contributed by atoms with Gasteiger partial charge < -0.3 is 14.6 Å². The molecule has 29 heavy (non-hydrogen) atoms. The lowest BCUT2D eigenvalue weighted by molar-refractivity contribution is -0.187. The summed E-state index contributed by atoms with van der Waals surface area (Å²) in [5.74, 6) is -0.103. The van der Waals surface area contributed by atoms with E-state index in [1.807, 2.05) is 13.0 Å². The molecule has 0 unspecified atom stereocenters. The number of aromatic nitrogens is 3. The van der Waals surface area contributed by atoms with E-state index in [0.29, 0.717) is 66.8 Å². The minimum absolute atomic E-state index is 0.0270. The van der Waals surface area contributed by atoms with Gasteiger partial charge in [-0.1, -0.05) is 36.5 Å². The molecule has 2 aliphatic rings. The first-order chi connectivity index (χ1) is 14.1. The Balaban J connectivity index is 1.54. The highest BCUT2D eigenvalue weighted by Crippen LogP contribution is 2.43. The normalized spacial score (nSPS) is 20.6. The molecule has 0 radical (unpaired) electrons. The number of benzene rings is 1. The predicted molar refractivity (Wildman–Crippen MR) is 106 cm³/mol. The molecule has 1 atom stereocenters. The van der Waals surface area contributed by atoms with Crippen molar-refractivity contribution in [2.24, 2.45) is 0 Å². The summed E-state index contributed by atoms with van der Waals surface area (Å²) in [5, 5.41) is 15.3. The minimum Gasteiger partial charge on any atom is -0.492 e. The largest absolute Gasteiger partial charge is 0.492 e. The molecule has 1 aromatic carbocycles. The van der Waals surface area contributed by atoms with E-state index in [4.69, 9.17) is 9.47 Å². The SMILES string of the molecule is CCc1nc2sc([C@@H](c3ccccc3F)N3CCC4(CC3)OCCO4)c(O)n2n1. The van der Waals surface area contributed by atoms with Crippen LogP contribution in [-0.4, -0.2) is 56.7 Å². The van der Waals surface area contributed by atoms with Crippen LogP contribution in [0.1, 0.15) is 42.1 Å². The number of piperidine rings is 1. The van der Waals surface area contributed by atoms with Crippen LogP contribution in [0.25, 0.3) is 4.96 Å². The highest BCUT2D eigenvalue weighted by Gasteiger charge is 2.42. The molecule has 154 valence electrons. The van der Waals surface area contributed by atoms with Crippen LogP contribution < -0.4 is 0 Å². The molecule has 7 nitrogen and oxygen atoms in total. The lowest BCUT2D eigenvalue weighted by Crippen LogP contribution is -2.46. The predicted octanol–water partition coefficient (Wildman–Crippen LogP) is 3.13. The first kappa shape index (κ1) is 18.9. The number of likely N-dealkylation sites (tertiary alicyclic amines) is 1. The number of thiazole rings is 1. The van der Waals surface area contributed by atoms with Crippen LogP contribution >= 0.6 is 11.3 Å². The Bertz CT molecular complexity index is 1020. The molecule has 1 spiro atoms. The zero-order chi connectivity index (χ0) is 20.0. The number of halogens is 1. The van der Waals surface area contributed by atoms with Crippen molar-refractivity contribution in [2.45, 2.75) is 38.0 Å². The second-order valence-corrected chi connectivity index (χ2v) is 8.44. The number of aryl methyl sites for hydroxylation is 1. The van der Waals surface area contributed by atoms with E-state index in [1.54, 1.807) is 12.1 Å². The maximum absolute atomic E-state index is 14.8. The van der Waals surface area contributed by atoms with Gasteiger partial charge in [-0.3, -0.25) is 4.90 Å². The van der Waals surface area contributed by atoms with Crippen molar-refractivity contribution in [3.05, 3.63) is 46.3 Å². The first-order valence-corrected chi connectivity index (χ1v) is 10.8. The summed E-state index contributed by atoms with van der Waals surface area (Å²) >= 11 is 1.36. The van der Waals surface area contributed by atoms with Crippen molar-refractivity contribution in [3.63, 3.8) is 0 Å². The highest BCUT2D eigenvalue weighted by atomic mass is 32.1. The Hall–Kier alpha value is -2.07. The lowest BCUT2D eigenvalue weighted by atomic mass is 9.97. The molecule has 4 heterocycles. The van der Waals surface area contributed by atoms with Gasteiger partial charge >= 0.3 is 0 Å². The molecule has 5 rings (SSSR count). The summed E-state index contributed by atoms with van der Waals surface area (Å²) in [4.78, 5) is 7.92. The fourth-order valence-electron chi connectivity index (χ4n) is 4.23. The molecule has 0 aliphatic carbocycles. The molecule has 2 saturated heterocycles. The summed E-state index contributed by atoms with van der Waals surface area (Å²) in [5.41, 5.74) is 0.534. The fourth-order valence-corrected chi connectivity index (χ4v) is 5.35. The second-order valence-electron chi connectivity index (χ2n) is 7.43. The number of ether oxygens (including phenoxy) is 2. The number of hydrogen-bond acceptors (Lipinski definition) is 7. The first-order valence-electron chi connectivity index (χ1n) is 9.94. The minimum atomic E-state index is -0.514. The highest BCUT2D eigenvalue weighted by molar-refractivity contribution is 7.17. The van der Waals surface area contributed by atoms with Gasteiger partial charge in [0.1, 0.15) is 5.82 Å². The second kappa shape index (κ2) is 7.32. The Kier molecular flexibility index (Phi) is 4.78. The van der Waals surface area contributed by atoms with Crippen LogP contribution in [-0.2, 0) is 15.9 Å². The number of fused-ring (bicyclic) bond motifs is 1. The maximum atomic E-state index is 14.8. The van der Waals surface area contributed by atoms with Gasteiger partial charge in [-0.2, -0.15) is 4.52 Å². The summed E-state index contributed by atoms with van der Waals surface area (Å²) in [6.07, 6.45) is 2.10. The van der Waals surface area contributed by atoms with Crippen molar-refractivity contribution in [1.82, 2.24) is 19.5 Å². The van der Waals surface area contributed by atoms with Gasteiger partial charge in [-0.15, -0.1) is 5.10 Å². The van der Waals surface area contributed by atoms with Crippen molar-refractivity contribution < 1.29 is 19.0 Å². The Morgan fingerprint density at radius 2 is 1.97 bits per heavy atom. The van der Waals surface area contributed by atoms with E-state index >= 15 is 0 Å². The number of nitrogens with zero attached hydrogens (tertiary/aromatic N) is 4. The van der Waals surface area contributed by atoms with Crippen molar-refractivity contribution in [1.29, 1.82) is 0 Å². The molecular weight excluding hydrogens is 395 g/mol. The molecule has 3 aromatic rings. The van der Waals surface area contributed by atoms with E-state index in [0.717, 1.165) is 0 Å². The smallest absolute Gasteiger partial charge is 0.230 e.